The standard InChI is InChI=1S/C13H27NOS/c1-12(2,5-7-15)10-14-11-9-16-8-6-13(11,3)4/h11,14-15H,5-10H2,1-4H3. The third kappa shape index (κ3) is 4.27. The number of aliphatic hydroxyl groups is 1. The summed E-state index contributed by atoms with van der Waals surface area (Å²) >= 11 is 2.06. The third-order valence-corrected chi connectivity index (χ3v) is 4.80. The van der Waals surface area contributed by atoms with Gasteiger partial charge in [0.25, 0.3) is 0 Å². The van der Waals surface area contributed by atoms with E-state index in [-0.39, 0.29) is 12.0 Å². The van der Waals surface area contributed by atoms with Gasteiger partial charge >= 0.3 is 0 Å². The summed E-state index contributed by atoms with van der Waals surface area (Å²) in [6, 6.07) is 0.615. The summed E-state index contributed by atoms with van der Waals surface area (Å²) in [7, 11) is 0. The number of nitrogens with one attached hydrogen (secondary N) is 1. The Labute approximate surface area is 105 Å². The number of rotatable bonds is 5. The van der Waals surface area contributed by atoms with E-state index >= 15 is 0 Å². The predicted molar refractivity (Wildman–Crippen MR) is 73.0 cm³/mol. The smallest absolute Gasteiger partial charge is 0.0436 e. The topological polar surface area (TPSA) is 32.3 Å². The van der Waals surface area contributed by atoms with Crippen LogP contribution in [0.5, 0.6) is 0 Å². The van der Waals surface area contributed by atoms with Crippen LogP contribution < -0.4 is 5.32 Å². The zero-order valence-electron chi connectivity index (χ0n) is 11.2. The predicted octanol–water partition coefficient (Wildman–Crippen LogP) is 2.52. The molecule has 0 saturated carbocycles. The van der Waals surface area contributed by atoms with E-state index in [1.54, 1.807) is 0 Å². The fourth-order valence-electron chi connectivity index (χ4n) is 2.06. The number of thioether (sulfide) groups is 1. The summed E-state index contributed by atoms with van der Waals surface area (Å²) in [6.07, 6.45) is 2.18. The van der Waals surface area contributed by atoms with Crippen molar-refractivity contribution in [3.63, 3.8) is 0 Å². The van der Waals surface area contributed by atoms with Gasteiger partial charge in [0.1, 0.15) is 0 Å². The largest absolute Gasteiger partial charge is 0.396 e. The lowest BCUT2D eigenvalue weighted by Crippen LogP contribution is -2.49. The molecule has 0 amide bonds. The second kappa shape index (κ2) is 5.74. The molecule has 16 heavy (non-hydrogen) atoms. The van der Waals surface area contributed by atoms with Gasteiger partial charge in [0.15, 0.2) is 0 Å². The Bertz CT molecular complexity index is 216. The van der Waals surface area contributed by atoms with Crippen LogP contribution in [0.1, 0.15) is 40.5 Å². The lowest BCUT2D eigenvalue weighted by atomic mass is 9.81. The van der Waals surface area contributed by atoms with Gasteiger partial charge in [0.2, 0.25) is 0 Å². The molecule has 1 aliphatic heterocycles. The van der Waals surface area contributed by atoms with Gasteiger partial charge in [-0.25, -0.2) is 0 Å². The van der Waals surface area contributed by atoms with E-state index in [2.05, 4.69) is 44.8 Å². The molecular formula is C13H27NOS. The van der Waals surface area contributed by atoms with Crippen LogP contribution in [0.4, 0.5) is 0 Å². The van der Waals surface area contributed by atoms with E-state index in [1.807, 2.05) is 0 Å². The molecule has 1 fully saturated rings. The summed E-state index contributed by atoms with van der Waals surface area (Å²) in [6.45, 7) is 10.5. The molecule has 1 saturated heterocycles. The van der Waals surface area contributed by atoms with Gasteiger partial charge in [0.05, 0.1) is 0 Å². The van der Waals surface area contributed by atoms with Crippen molar-refractivity contribution in [1.29, 1.82) is 0 Å². The fraction of sp³-hybridized carbons (Fsp3) is 1.00. The van der Waals surface area contributed by atoms with E-state index in [1.165, 1.54) is 17.9 Å². The summed E-state index contributed by atoms with van der Waals surface area (Å²) in [5.74, 6) is 2.52. The minimum atomic E-state index is 0.201. The molecule has 0 radical (unpaired) electrons. The molecule has 3 heteroatoms. The molecule has 1 atom stereocenters. The lowest BCUT2D eigenvalue weighted by Gasteiger charge is -2.40. The summed E-state index contributed by atoms with van der Waals surface area (Å²) in [4.78, 5) is 0. The van der Waals surface area contributed by atoms with E-state index in [0.717, 1.165) is 13.0 Å². The maximum Gasteiger partial charge on any atom is 0.0436 e. The van der Waals surface area contributed by atoms with Crippen molar-refractivity contribution in [1.82, 2.24) is 5.32 Å². The van der Waals surface area contributed by atoms with Gasteiger partial charge in [-0.2, -0.15) is 11.8 Å². The van der Waals surface area contributed by atoms with Crippen LogP contribution in [0.3, 0.4) is 0 Å². The first-order valence-corrected chi connectivity index (χ1v) is 7.45. The van der Waals surface area contributed by atoms with Gasteiger partial charge in [-0.1, -0.05) is 27.7 Å². The maximum atomic E-state index is 9.01. The summed E-state index contributed by atoms with van der Waals surface area (Å²) in [5, 5.41) is 12.7. The molecule has 0 aromatic heterocycles. The Balaban J connectivity index is 2.41. The zero-order valence-corrected chi connectivity index (χ0v) is 12.0. The Morgan fingerprint density at radius 2 is 2.12 bits per heavy atom. The highest BCUT2D eigenvalue weighted by Gasteiger charge is 2.33. The van der Waals surface area contributed by atoms with E-state index in [4.69, 9.17) is 5.11 Å². The molecule has 0 aromatic rings. The lowest BCUT2D eigenvalue weighted by molar-refractivity contribution is 0.180. The van der Waals surface area contributed by atoms with Crippen LogP contribution in [0, 0.1) is 10.8 Å². The van der Waals surface area contributed by atoms with Crippen molar-refractivity contribution >= 4 is 11.8 Å². The van der Waals surface area contributed by atoms with Crippen LogP contribution in [0.2, 0.25) is 0 Å². The summed E-state index contributed by atoms with van der Waals surface area (Å²) in [5.41, 5.74) is 0.619. The zero-order chi connectivity index (χ0) is 12.2. The van der Waals surface area contributed by atoms with Gasteiger partial charge in [0, 0.05) is 24.9 Å². The van der Waals surface area contributed by atoms with E-state index < -0.39 is 0 Å². The normalized spacial score (nSPS) is 25.7. The van der Waals surface area contributed by atoms with Crippen molar-refractivity contribution < 1.29 is 5.11 Å². The SMILES string of the molecule is CC(C)(CCO)CNC1CSCCC1(C)C. The van der Waals surface area contributed by atoms with Crippen molar-refractivity contribution in [3.05, 3.63) is 0 Å². The van der Waals surface area contributed by atoms with Gasteiger partial charge in [-0.3, -0.25) is 0 Å². The highest BCUT2D eigenvalue weighted by molar-refractivity contribution is 7.99. The molecule has 1 unspecified atom stereocenters. The second-order valence-electron chi connectivity index (χ2n) is 6.38. The van der Waals surface area contributed by atoms with Crippen LogP contribution in [-0.4, -0.2) is 35.8 Å². The fourth-order valence-corrected chi connectivity index (χ4v) is 3.70. The molecule has 2 N–H and O–H groups in total. The number of hydrogen-bond acceptors (Lipinski definition) is 3. The second-order valence-corrected chi connectivity index (χ2v) is 7.53. The maximum absolute atomic E-state index is 9.01. The van der Waals surface area contributed by atoms with E-state index in [0.29, 0.717) is 11.5 Å². The highest BCUT2D eigenvalue weighted by Crippen LogP contribution is 2.34. The van der Waals surface area contributed by atoms with Crippen LogP contribution >= 0.6 is 11.8 Å². The monoisotopic (exact) mass is 245 g/mol. The minimum Gasteiger partial charge on any atom is -0.396 e. The van der Waals surface area contributed by atoms with Crippen molar-refractivity contribution in [2.45, 2.75) is 46.6 Å². The van der Waals surface area contributed by atoms with Crippen LogP contribution in [0.25, 0.3) is 0 Å². The molecule has 0 aromatic carbocycles. The first kappa shape index (κ1) is 14.3. The first-order valence-electron chi connectivity index (χ1n) is 6.29. The first-order chi connectivity index (χ1) is 7.37. The Morgan fingerprint density at radius 1 is 1.44 bits per heavy atom. The quantitative estimate of drug-likeness (QED) is 0.780. The molecule has 1 rings (SSSR count). The molecule has 1 aliphatic rings. The average Bonchev–Trinajstić information content (AvgIpc) is 2.15. The molecular weight excluding hydrogens is 218 g/mol. The Hall–Kier alpha value is 0.270. The van der Waals surface area contributed by atoms with Crippen LogP contribution in [-0.2, 0) is 0 Å². The average molecular weight is 245 g/mol. The number of aliphatic hydroxyl groups excluding tert-OH is 1. The molecule has 96 valence electrons. The van der Waals surface area contributed by atoms with Gasteiger partial charge < -0.3 is 10.4 Å². The van der Waals surface area contributed by atoms with Crippen LogP contribution in [0.15, 0.2) is 0 Å². The summed E-state index contributed by atoms with van der Waals surface area (Å²) < 4.78 is 0. The van der Waals surface area contributed by atoms with Gasteiger partial charge in [-0.05, 0) is 29.4 Å². The van der Waals surface area contributed by atoms with Crippen molar-refractivity contribution in [3.8, 4) is 0 Å². The Morgan fingerprint density at radius 3 is 2.69 bits per heavy atom. The third-order valence-electron chi connectivity index (χ3n) is 3.73. The minimum absolute atomic E-state index is 0.201. The van der Waals surface area contributed by atoms with Crippen molar-refractivity contribution in [2.24, 2.45) is 10.8 Å². The highest BCUT2D eigenvalue weighted by atomic mass is 32.2. The molecule has 1 heterocycles. The van der Waals surface area contributed by atoms with E-state index in [9.17, 15) is 0 Å². The molecule has 0 bridgehead atoms. The van der Waals surface area contributed by atoms with Gasteiger partial charge in [-0.15, -0.1) is 0 Å². The van der Waals surface area contributed by atoms with Crippen molar-refractivity contribution in [2.75, 3.05) is 24.7 Å². The number of hydrogen-bond donors (Lipinski definition) is 2. The Kier molecular flexibility index (Phi) is 5.14. The molecule has 0 aliphatic carbocycles. The molecule has 0 spiro atoms. The molecule has 2 nitrogen and oxygen atoms in total.